The predicted molar refractivity (Wildman–Crippen MR) is 114 cm³/mol. The van der Waals surface area contributed by atoms with Crippen LogP contribution < -0.4 is 10.1 Å². The SMILES string of the molecule is C=C(C)COc1ccc(-c2nc3ccccn3c2CN2CCCNCC2)cc1. The van der Waals surface area contributed by atoms with Crippen LogP contribution in [0.5, 0.6) is 5.75 Å². The summed E-state index contributed by atoms with van der Waals surface area (Å²) in [6.45, 7) is 11.6. The van der Waals surface area contributed by atoms with Crippen LogP contribution in [-0.4, -0.2) is 47.1 Å². The van der Waals surface area contributed by atoms with Gasteiger partial charge in [0.2, 0.25) is 0 Å². The highest BCUT2D eigenvalue weighted by molar-refractivity contribution is 5.67. The topological polar surface area (TPSA) is 41.8 Å². The average Bonchev–Trinajstić information content (AvgIpc) is 2.87. The van der Waals surface area contributed by atoms with E-state index in [1.807, 2.05) is 25.1 Å². The Morgan fingerprint density at radius 1 is 1.14 bits per heavy atom. The van der Waals surface area contributed by atoms with E-state index in [-0.39, 0.29) is 0 Å². The minimum atomic E-state index is 0.544. The van der Waals surface area contributed by atoms with E-state index in [0.717, 1.165) is 61.0 Å². The predicted octanol–water partition coefficient (Wildman–Crippen LogP) is 3.75. The standard InChI is InChI=1S/C23H28N4O/c1-18(2)17-28-20-9-7-19(8-10-20)23-21(16-26-13-5-11-24-12-15-26)27-14-4-3-6-22(27)25-23/h3-4,6-10,14,24H,1,5,11-13,15-17H2,2H3. The van der Waals surface area contributed by atoms with Crippen LogP contribution in [0.15, 0.2) is 60.8 Å². The van der Waals surface area contributed by atoms with Crippen LogP contribution in [0.1, 0.15) is 19.0 Å². The minimum absolute atomic E-state index is 0.544. The van der Waals surface area contributed by atoms with E-state index in [1.165, 1.54) is 12.1 Å². The highest BCUT2D eigenvalue weighted by Gasteiger charge is 2.18. The van der Waals surface area contributed by atoms with Gasteiger partial charge in [0, 0.05) is 31.4 Å². The van der Waals surface area contributed by atoms with Crippen molar-refractivity contribution in [3.63, 3.8) is 0 Å². The number of benzene rings is 1. The van der Waals surface area contributed by atoms with E-state index in [2.05, 4.69) is 51.7 Å². The van der Waals surface area contributed by atoms with E-state index in [1.54, 1.807) is 0 Å². The Bertz CT molecular complexity index is 937. The fraction of sp³-hybridized carbons (Fsp3) is 0.348. The zero-order chi connectivity index (χ0) is 19.3. The molecule has 1 aliphatic rings. The molecule has 2 aromatic heterocycles. The number of fused-ring (bicyclic) bond motifs is 1. The van der Waals surface area contributed by atoms with Crippen LogP contribution in [0.3, 0.4) is 0 Å². The number of ether oxygens (including phenoxy) is 1. The molecule has 5 nitrogen and oxygen atoms in total. The molecular weight excluding hydrogens is 348 g/mol. The molecular formula is C23H28N4O. The van der Waals surface area contributed by atoms with E-state index < -0.39 is 0 Å². The zero-order valence-electron chi connectivity index (χ0n) is 16.5. The molecule has 1 fully saturated rings. The third-order valence-electron chi connectivity index (χ3n) is 5.05. The smallest absolute Gasteiger partial charge is 0.137 e. The molecule has 0 unspecified atom stereocenters. The lowest BCUT2D eigenvalue weighted by Gasteiger charge is -2.20. The molecule has 1 saturated heterocycles. The molecule has 5 heteroatoms. The van der Waals surface area contributed by atoms with Crippen LogP contribution in [-0.2, 0) is 6.54 Å². The number of hydrogen-bond acceptors (Lipinski definition) is 4. The largest absolute Gasteiger partial charge is 0.489 e. The number of imidazole rings is 1. The number of pyridine rings is 1. The zero-order valence-corrected chi connectivity index (χ0v) is 16.5. The molecule has 3 heterocycles. The van der Waals surface area contributed by atoms with Crippen molar-refractivity contribution in [1.29, 1.82) is 0 Å². The van der Waals surface area contributed by atoms with Crippen LogP contribution in [0.25, 0.3) is 16.9 Å². The first-order valence-electron chi connectivity index (χ1n) is 9.97. The van der Waals surface area contributed by atoms with Gasteiger partial charge in [0.05, 0.1) is 11.4 Å². The number of hydrogen-bond donors (Lipinski definition) is 1. The quantitative estimate of drug-likeness (QED) is 0.666. The van der Waals surface area contributed by atoms with Gasteiger partial charge < -0.3 is 14.5 Å². The van der Waals surface area contributed by atoms with E-state index in [0.29, 0.717) is 6.61 Å². The van der Waals surface area contributed by atoms with Gasteiger partial charge in [-0.05, 0) is 68.4 Å². The molecule has 28 heavy (non-hydrogen) atoms. The summed E-state index contributed by atoms with van der Waals surface area (Å²) in [6.07, 6.45) is 3.29. The fourth-order valence-electron chi connectivity index (χ4n) is 3.62. The van der Waals surface area contributed by atoms with Crippen molar-refractivity contribution in [2.75, 3.05) is 32.8 Å². The number of nitrogens with one attached hydrogen (secondary N) is 1. The molecule has 1 aromatic carbocycles. The Kier molecular flexibility index (Phi) is 5.74. The summed E-state index contributed by atoms with van der Waals surface area (Å²) in [7, 11) is 0. The second-order valence-corrected chi connectivity index (χ2v) is 7.49. The Morgan fingerprint density at radius 2 is 2.00 bits per heavy atom. The van der Waals surface area contributed by atoms with Crippen molar-refractivity contribution in [2.45, 2.75) is 19.9 Å². The molecule has 1 aliphatic heterocycles. The van der Waals surface area contributed by atoms with Crippen LogP contribution >= 0.6 is 0 Å². The van der Waals surface area contributed by atoms with Gasteiger partial charge in [0.1, 0.15) is 18.0 Å². The Hall–Kier alpha value is -2.63. The maximum atomic E-state index is 5.74. The summed E-state index contributed by atoms with van der Waals surface area (Å²) < 4.78 is 7.96. The van der Waals surface area contributed by atoms with Crippen LogP contribution in [0.2, 0.25) is 0 Å². The Labute approximate surface area is 166 Å². The summed E-state index contributed by atoms with van der Waals surface area (Å²) in [6, 6.07) is 14.4. The monoisotopic (exact) mass is 376 g/mol. The number of nitrogens with zero attached hydrogens (tertiary/aromatic N) is 3. The van der Waals surface area contributed by atoms with Gasteiger partial charge in [0.15, 0.2) is 0 Å². The van der Waals surface area contributed by atoms with E-state index >= 15 is 0 Å². The number of aromatic nitrogens is 2. The maximum Gasteiger partial charge on any atom is 0.137 e. The first kappa shape index (κ1) is 18.7. The summed E-state index contributed by atoms with van der Waals surface area (Å²) in [5, 5.41) is 3.48. The molecule has 0 amide bonds. The van der Waals surface area contributed by atoms with Gasteiger partial charge in [-0.15, -0.1) is 0 Å². The second-order valence-electron chi connectivity index (χ2n) is 7.49. The molecule has 4 rings (SSSR count). The van der Waals surface area contributed by atoms with Gasteiger partial charge in [-0.1, -0.05) is 12.6 Å². The molecule has 0 atom stereocenters. The first-order valence-corrected chi connectivity index (χ1v) is 9.97. The molecule has 0 spiro atoms. The Balaban J connectivity index is 1.65. The summed E-state index contributed by atoms with van der Waals surface area (Å²) in [4.78, 5) is 7.46. The average molecular weight is 377 g/mol. The normalized spacial score (nSPS) is 15.5. The molecule has 0 aliphatic carbocycles. The molecule has 0 saturated carbocycles. The van der Waals surface area contributed by atoms with Crippen LogP contribution in [0.4, 0.5) is 0 Å². The van der Waals surface area contributed by atoms with Gasteiger partial charge >= 0.3 is 0 Å². The minimum Gasteiger partial charge on any atom is -0.489 e. The third-order valence-corrected chi connectivity index (χ3v) is 5.05. The molecule has 1 N–H and O–H groups in total. The first-order chi connectivity index (χ1) is 13.7. The van der Waals surface area contributed by atoms with Gasteiger partial charge in [-0.3, -0.25) is 4.90 Å². The maximum absolute atomic E-state index is 5.74. The highest BCUT2D eigenvalue weighted by Crippen LogP contribution is 2.27. The van der Waals surface area contributed by atoms with Crippen molar-refractivity contribution in [3.8, 4) is 17.0 Å². The van der Waals surface area contributed by atoms with Crippen molar-refractivity contribution in [2.24, 2.45) is 0 Å². The van der Waals surface area contributed by atoms with Gasteiger partial charge in [0.25, 0.3) is 0 Å². The lowest BCUT2D eigenvalue weighted by molar-refractivity contribution is 0.281. The molecule has 3 aromatic rings. The lowest BCUT2D eigenvalue weighted by Crippen LogP contribution is -2.28. The third kappa shape index (κ3) is 4.26. The number of rotatable bonds is 6. The fourth-order valence-corrected chi connectivity index (χ4v) is 3.62. The molecule has 0 bridgehead atoms. The Morgan fingerprint density at radius 3 is 2.82 bits per heavy atom. The van der Waals surface area contributed by atoms with E-state index in [9.17, 15) is 0 Å². The van der Waals surface area contributed by atoms with Gasteiger partial charge in [-0.2, -0.15) is 0 Å². The summed E-state index contributed by atoms with van der Waals surface area (Å²) >= 11 is 0. The van der Waals surface area contributed by atoms with Crippen molar-refractivity contribution >= 4 is 5.65 Å². The van der Waals surface area contributed by atoms with Crippen LogP contribution in [0, 0.1) is 0 Å². The van der Waals surface area contributed by atoms with E-state index in [4.69, 9.17) is 9.72 Å². The summed E-state index contributed by atoms with van der Waals surface area (Å²) in [5.74, 6) is 0.857. The molecule has 0 radical (unpaired) electrons. The van der Waals surface area contributed by atoms with Gasteiger partial charge in [-0.25, -0.2) is 4.98 Å². The van der Waals surface area contributed by atoms with Crippen molar-refractivity contribution in [1.82, 2.24) is 19.6 Å². The second kappa shape index (κ2) is 8.59. The van der Waals surface area contributed by atoms with Crippen molar-refractivity contribution < 1.29 is 4.74 Å². The summed E-state index contributed by atoms with van der Waals surface area (Å²) in [5.41, 5.74) is 5.42. The lowest BCUT2D eigenvalue weighted by atomic mass is 10.1. The molecule has 146 valence electrons. The highest BCUT2D eigenvalue weighted by atomic mass is 16.5. The van der Waals surface area contributed by atoms with Crippen molar-refractivity contribution in [3.05, 3.63) is 66.5 Å².